The van der Waals surface area contributed by atoms with Gasteiger partial charge in [-0.25, -0.2) is 0 Å². The van der Waals surface area contributed by atoms with Crippen molar-refractivity contribution in [2.75, 3.05) is 0 Å². The Morgan fingerprint density at radius 1 is 0.287 bits per heavy atom. The van der Waals surface area contributed by atoms with Gasteiger partial charge in [-0.15, -0.1) is 0 Å². The monoisotopic (exact) mass is 1020 g/mol. The minimum absolute atomic E-state index is 1.12. The number of aromatic nitrogens is 2. The molecule has 2 heteroatoms. The summed E-state index contributed by atoms with van der Waals surface area (Å²) in [5.74, 6) is 0. The maximum Gasteiger partial charge on any atom is 0.0641 e. The van der Waals surface area contributed by atoms with Gasteiger partial charge >= 0.3 is 0 Å². The van der Waals surface area contributed by atoms with E-state index in [1.807, 2.05) is 6.92 Å². The van der Waals surface area contributed by atoms with E-state index in [-0.39, 0.29) is 0 Å². The molecule has 0 aliphatic carbocycles. The molecule has 0 saturated carbocycles. The molecule has 0 saturated heterocycles. The summed E-state index contributed by atoms with van der Waals surface area (Å²) in [6.07, 6.45) is 6.33. The molecule has 0 radical (unpaired) electrons. The molecule has 0 amide bonds. The molecule has 0 unspecified atom stereocenters. The van der Waals surface area contributed by atoms with E-state index in [2.05, 4.69) is 319 Å². The Morgan fingerprint density at radius 3 is 1.20 bits per heavy atom. The van der Waals surface area contributed by atoms with Gasteiger partial charge in [-0.3, -0.25) is 0 Å². The van der Waals surface area contributed by atoms with E-state index in [0.29, 0.717) is 0 Å². The van der Waals surface area contributed by atoms with E-state index < -0.39 is 0 Å². The number of hydrogen-bond acceptors (Lipinski definition) is 0. The van der Waals surface area contributed by atoms with Crippen molar-refractivity contribution in [2.24, 2.45) is 0 Å². The van der Waals surface area contributed by atoms with Crippen LogP contribution in [0.3, 0.4) is 0 Å². The Labute approximate surface area is 467 Å². The molecule has 14 rings (SSSR count). The summed E-state index contributed by atoms with van der Waals surface area (Å²) in [7, 11) is 0. The summed E-state index contributed by atoms with van der Waals surface area (Å²) in [6.45, 7) is 4.22. The minimum atomic E-state index is 1.12. The zero-order chi connectivity index (χ0) is 53.5. The third-order valence-corrected chi connectivity index (χ3v) is 16.0. The Hall–Kier alpha value is -10.3. The van der Waals surface area contributed by atoms with Crippen LogP contribution in [0.15, 0.2) is 303 Å². The van der Waals surface area contributed by atoms with Gasteiger partial charge in [0.25, 0.3) is 0 Å². The number of rotatable bonds is 11. The van der Waals surface area contributed by atoms with Crippen molar-refractivity contribution >= 4 is 49.2 Å². The molecule has 0 aliphatic rings. The summed E-state index contributed by atoms with van der Waals surface area (Å²) >= 11 is 0. The smallest absolute Gasteiger partial charge is 0.0641 e. The van der Waals surface area contributed by atoms with Gasteiger partial charge in [0.1, 0.15) is 0 Å². The maximum atomic E-state index is 2.50. The number of nitrogens with zero attached hydrogens (tertiary/aromatic N) is 2. The highest BCUT2D eigenvalue weighted by Gasteiger charge is 2.21. The quantitative estimate of drug-likeness (QED) is 0.114. The lowest BCUT2D eigenvalue weighted by Gasteiger charge is -2.13. The fourth-order valence-corrected chi connectivity index (χ4v) is 12.0. The Morgan fingerprint density at radius 2 is 0.675 bits per heavy atom. The first-order chi connectivity index (χ1) is 39.5. The predicted octanol–water partition coefficient (Wildman–Crippen LogP) is 21.5. The second kappa shape index (κ2) is 20.6. The normalized spacial score (nSPS) is 11.9. The van der Waals surface area contributed by atoms with E-state index in [1.54, 1.807) is 0 Å². The lowest BCUT2D eigenvalue weighted by molar-refractivity contribution is 1.17. The highest BCUT2D eigenvalue weighted by molar-refractivity contribution is 6.26. The van der Waals surface area contributed by atoms with Gasteiger partial charge in [0.2, 0.25) is 0 Å². The van der Waals surface area contributed by atoms with Crippen molar-refractivity contribution in [3.8, 4) is 89.3 Å². The summed E-state index contributed by atoms with van der Waals surface area (Å²) < 4.78 is 4.95. The molecule has 80 heavy (non-hydrogen) atoms. The Balaban J connectivity index is 0.801. The number of para-hydroxylation sites is 2. The number of allylic oxidation sites excluding steroid dienone is 4. The van der Waals surface area contributed by atoms with Crippen LogP contribution in [0.25, 0.3) is 138 Å². The minimum Gasteiger partial charge on any atom is -0.309 e. The fourth-order valence-electron chi connectivity index (χ4n) is 12.0. The predicted molar refractivity (Wildman–Crippen MR) is 342 cm³/mol. The summed E-state index contributed by atoms with van der Waals surface area (Å²) in [6, 6.07) is 105. The first-order valence-electron chi connectivity index (χ1n) is 27.7. The van der Waals surface area contributed by atoms with E-state index in [1.165, 1.54) is 133 Å². The van der Waals surface area contributed by atoms with Gasteiger partial charge in [0.05, 0.1) is 22.1 Å². The summed E-state index contributed by atoms with van der Waals surface area (Å²) in [4.78, 5) is 0. The van der Waals surface area contributed by atoms with Gasteiger partial charge < -0.3 is 9.13 Å². The van der Waals surface area contributed by atoms with Crippen LogP contribution in [-0.2, 0) is 0 Å². The molecule has 12 aromatic carbocycles. The van der Waals surface area contributed by atoms with Crippen molar-refractivity contribution in [1.29, 1.82) is 0 Å². The van der Waals surface area contributed by atoms with Crippen LogP contribution in [0, 0.1) is 0 Å². The number of benzene rings is 12. The summed E-state index contributed by atoms with van der Waals surface area (Å²) in [5, 5.41) is 4.93. The topological polar surface area (TPSA) is 9.86 Å². The van der Waals surface area contributed by atoms with Crippen LogP contribution in [-0.4, -0.2) is 9.13 Å². The standard InChI is InChI=1S/C78H56N2/c1-3-4-18-53(2)59-21-12-25-63(47-59)64-26-14-23-61(49-64)55-37-41-57(42-38-55)67-29-16-31-69(51-67)79-75-36-11-9-34-73(75)77-76(79)46-45-72-71-33-8-10-35-74(71)80(78(72)77)70-32-17-30-68(52-70)58-43-39-56(40-44-58)62-24-15-28-66(50-62)65-27-13-22-60(48-65)54-19-6-5-7-20-54/h3-52H,1-2H3/b4-3-,53-18+. The highest BCUT2D eigenvalue weighted by Crippen LogP contribution is 2.43. The van der Waals surface area contributed by atoms with Crippen LogP contribution in [0.2, 0.25) is 0 Å². The summed E-state index contributed by atoms with van der Waals surface area (Å²) in [5.41, 5.74) is 26.2. The molecule has 2 nitrogen and oxygen atoms in total. The average molecular weight is 1020 g/mol. The largest absolute Gasteiger partial charge is 0.309 e. The van der Waals surface area contributed by atoms with Crippen LogP contribution < -0.4 is 0 Å². The van der Waals surface area contributed by atoms with Crippen molar-refractivity contribution in [2.45, 2.75) is 13.8 Å². The molecule has 0 bridgehead atoms. The second-order valence-electron chi connectivity index (χ2n) is 20.9. The highest BCUT2D eigenvalue weighted by atomic mass is 15.0. The molecule has 0 fully saturated rings. The van der Waals surface area contributed by atoms with E-state index in [0.717, 1.165) is 11.4 Å². The molecular weight excluding hydrogens is 965 g/mol. The van der Waals surface area contributed by atoms with Crippen molar-refractivity contribution in [3.05, 3.63) is 309 Å². The first kappa shape index (κ1) is 48.1. The van der Waals surface area contributed by atoms with Gasteiger partial charge in [0, 0.05) is 32.9 Å². The molecule has 2 heterocycles. The molecule has 14 aromatic rings. The van der Waals surface area contributed by atoms with Crippen LogP contribution in [0.4, 0.5) is 0 Å². The van der Waals surface area contributed by atoms with Gasteiger partial charge in [-0.05, 0) is 170 Å². The molecule has 0 spiro atoms. The lowest BCUT2D eigenvalue weighted by Crippen LogP contribution is -1.96. The fraction of sp³-hybridized carbons (Fsp3) is 0.0256. The average Bonchev–Trinajstić information content (AvgIpc) is 4.14. The van der Waals surface area contributed by atoms with Crippen molar-refractivity contribution in [3.63, 3.8) is 0 Å². The van der Waals surface area contributed by atoms with E-state index >= 15 is 0 Å². The number of fused-ring (bicyclic) bond motifs is 7. The lowest BCUT2D eigenvalue weighted by atomic mass is 9.95. The molecule has 2 aromatic heterocycles. The van der Waals surface area contributed by atoms with E-state index in [4.69, 9.17) is 0 Å². The zero-order valence-electron chi connectivity index (χ0n) is 44.8. The molecular formula is C78H56N2. The molecule has 0 N–H and O–H groups in total. The third-order valence-electron chi connectivity index (χ3n) is 16.0. The van der Waals surface area contributed by atoms with Crippen molar-refractivity contribution < 1.29 is 0 Å². The zero-order valence-corrected chi connectivity index (χ0v) is 44.8. The van der Waals surface area contributed by atoms with Crippen LogP contribution in [0.1, 0.15) is 19.4 Å². The van der Waals surface area contributed by atoms with Crippen molar-refractivity contribution in [1.82, 2.24) is 9.13 Å². The SMILES string of the molecule is C/C=C\C=C(/C)c1cccc(-c2cccc(-c3ccc(-c4cccc(-n5c6ccccc6c6c5ccc5c7ccccc7n(-c7cccc(-c8ccc(-c9cccc(-c%10cccc(-c%11ccccc%11)c%10)c9)cc8)c7)c56)c4)cc3)c2)c1. The van der Waals surface area contributed by atoms with Gasteiger partial charge in [-0.2, -0.15) is 0 Å². The van der Waals surface area contributed by atoms with E-state index in [9.17, 15) is 0 Å². The molecule has 378 valence electrons. The first-order valence-corrected chi connectivity index (χ1v) is 27.7. The maximum absolute atomic E-state index is 2.50. The molecule has 0 aliphatic heterocycles. The van der Waals surface area contributed by atoms with Crippen LogP contribution >= 0.6 is 0 Å². The second-order valence-corrected chi connectivity index (χ2v) is 20.9. The Bertz CT molecular complexity index is 4700. The molecule has 0 atom stereocenters. The van der Waals surface area contributed by atoms with Gasteiger partial charge in [0.15, 0.2) is 0 Å². The number of hydrogen-bond donors (Lipinski definition) is 0. The van der Waals surface area contributed by atoms with Crippen LogP contribution in [0.5, 0.6) is 0 Å². The Kier molecular flexibility index (Phi) is 12.4. The van der Waals surface area contributed by atoms with Gasteiger partial charge in [-0.1, -0.05) is 237 Å². The third kappa shape index (κ3) is 8.83.